The molecule has 2 atom stereocenters. The van der Waals surface area contributed by atoms with Gasteiger partial charge in [0.2, 0.25) is 0 Å². The molecule has 1 aromatic rings. The molecule has 3 N–H and O–H groups in total. The van der Waals surface area contributed by atoms with Gasteiger partial charge in [-0.2, -0.15) is 0 Å². The number of aliphatic hydroxyl groups excluding tert-OH is 2. The van der Waals surface area contributed by atoms with Gasteiger partial charge in [-0.25, -0.2) is 0 Å². The summed E-state index contributed by atoms with van der Waals surface area (Å²) in [5.41, 5.74) is 1.76. The highest BCUT2D eigenvalue weighted by Crippen LogP contribution is 2.11. The predicted molar refractivity (Wildman–Crippen MR) is 108 cm³/mol. The van der Waals surface area contributed by atoms with Gasteiger partial charge in [-0.3, -0.25) is 4.79 Å². The Labute approximate surface area is 162 Å². The molecule has 0 bridgehead atoms. The van der Waals surface area contributed by atoms with E-state index in [0.29, 0.717) is 25.7 Å². The van der Waals surface area contributed by atoms with E-state index in [1.165, 1.54) is 19.3 Å². The van der Waals surface area contributed by atoms with Crippen LogP contribution in [0.15, 0.2) is 36.4 Å². The SMILES string of the molecule is CCCCCC=CCC(O)C#Cc1cccc(CC(O)CCCC(=O)O)c1. The number of hydrogen-bond donors (Lipinski definition) is 3. The van der Waals surface area contributed by atoms with Gasteiger partial charge in [-0.15, -0.1) is 0 Å². The Morgan fingerprint density at radius 1 is 1.19 bits per heavy atom. The summed E-state index contributed by atoms with van der Waals surface area (Å²) >= 11 is 0. The molecule has 0 amide bonds. The minimum absolute atomic E-state index is 0.0769. The first-order valence-electron chi connectivity index (χ1n) is 9.84. The topological polar surface area (TPSA) is 77.8 Å². The second kappa shape index (κ2) is 14.0. The molecule has 1 aromatic carbocycles. The second-order valence-electron chi connectivity index (χ2n) is 6.83. The van der Waals surface area contributed by atoms with Gasteiger partial charge in [0.05, 0.1) is 6.10 Å². The average molecular weight is 373 g/mol. The number of carbonyl (C=O) groups is 1. The van der Waals surface area contributed by atoms with E-state index in [0.717, 1.165) is 17.5 Å². The van der Waals surface area contributed by atoms with E-state index in [1.54, 1.807) is 0 Å². The molecule has 0 saturated heterocycles. The van der Waals surface area contributed by atoms with Gasteiger partial charge < -0.3 is 15.3 Å². The molecule has 0 aromatic heterocycles. The minimum atomic E-state index is -0.839. The smallest absolute Gasteiger partial charge is 0.303 e. The number of aliphatic carboxylic acids is 1. The second-order valence-corrected chi connectivity index (χ2v) is 6.83. The fraction of sp³-hybridized carbons (Fsp3) is 0.522. The van der Waals surface area contributed by atoms with Crippen molar-refractivity contribution in [2.45, 2.75) is 76.9 Å². The number of carboxylic acids is 1. The molecule has 0 aliphatic rings. The minimum Gasteiger partial charge on any atom is -0.481 e. The summed E-state index contributed by atoms with van der Waals surface area (Å²) in [4.78, 5) is 10.5. The van der Waals surface area contributed by atoms with Gasteiger partial charge in [0.25, 0.3) is 0 Å². The summed E-state index contributed by atoms with van der Waals surface area (Å²) in [5.74, 6) is 5.00. The number of carboxylic acid groups (broad SMARTS) is 1. The monoisotopic (exact) mass is 372 g/mol. The number of benzene rings is 1. The number of rotatable bonds is 12. The molecule has 4 nitrogen and oxygen atoms in total. The molecule has 148 valence electrons. The molecule has 0 spiro atoms. The lowest BCUT2D eigenvalue weighted by Gasteiger charge is -2.10. The largest absolute Gasteiger partial charge is 0.481 e. The van der Waals surface area contributed by atoms with Crippen molar-refractivity contribution in [1.82, 2.24) is 0 Å². The van der Waals surface area contributed by atoms with E-state index in [-0.39, 0.29) is 6.42 Å². The lowest BCUT2D eigenvalue weighted by atomic mass is 10.0. The Balaban J connectivity index is 2.45. The van der Waals surface area contributed by atoms with E-state index < -0.39 is 18.2 Å². The van der Waals surface area contributed by atoms with Crippen LogP contribution >= 0.6 is 0 Å². The Kier molecular flexibility index (Phi) is 11.9. The van der Waals surface area contributed by atoms with Crippen molar-refractivity contribution in [2.75, 3.05) is 0 Å². The molecular weight excluding hydrogens is 340 g/mol. The van der Waals surface area contributed by atoms with Crippen LogP contribution in [0.1, 0.15) is 69.4 Å². The molecule has 2 unspecified atom stereocenters. The molecule has 0 aliphatic heterocycles. The third-order valence-electron chi connectivity index (χ3n) is 4.21. The molecule has 0 fully saturated rings. The van der Waals surface area contributed by atoms with Gasteiger partial charge in [-0.1, -0.05) is 55.9 Å². The van der Waals surface area contributed by atoms with E-state index >= 15 is 0 Å². The van der Waals surface area contributed by atoms with E-state index in [2.05, 4.69) is 24.8 Å². The van der Waals surface area contributed by atoms with Crippen molar-refractivity contribution >= 4 is 5.97 Å². The zero-order chi connectivity index (χ0) is 19.9. The third-order valence-corrected chi connectivity index (χ3v) is 4.21. The summed E-state index contributed by atoms with van der Waals surface area (Å²) in [6.45, 7) is 2.18. The standard InChI is InChI=1S/C23H32O4/c1-2-3-4-5-6-7-12-21(24)16-15-19-10-8-11-20(17-19)18-22(25)13-9-14-23(26)27/h6-8,10-11,17,21-22,24-25H,2-5,9,12-14,18H2,1H3,(H,26,27). The lowest BCUT2D eigenvalue weighted by molar-refractivity contribution is -0.137. The van der Waals surface area contributed by atoms with Crippen LogP contribution in [0.5, 0.6) is 0 Å². The first-order valence-corrected chi connectivity index (χ1v) is 9.84. The van der Waals surface area contributed by atoms with Gasteiger partial charge in [0, 0.05) is 18.4 Å². The normalized spacial score (nSPS) is 13.1. The van der Waals surface area contributed by atoms with Crippen LogP contribution in [0.4, 0.5) is 0 Å². The molecule has 0 radical (unpaired) electrons. The highest BCUT2D eigenvalue weighted by molar-refractivity contribution is 5.66. The fourth-order valence-corrected chi connectivity index (χ4v) is 2.72. The van der Waals surface area contributed by atoms with Crippen LogP contribution in [0.2, 0.25) is 0 Å². The third kappa shape index (κ3) is 12.0. The van der Waals surface area contributed by atoms with Gasteiger partial charge in [0.1, 0.15) is 6.10 Å². The molecule has 0 aliphatic carbocycles. The van der Waals surface area contributed by atoms with Crippen molar-refractivity contribution in [3.8, 4) is 11.8 Å². The van der Waals surface area contributed by atoms with E-state index in [9.17, 15) is 15.0 Å². The van der Waals surface area contributed by atoms with Gasteiger partial charge in [0.15, 0.2) is 0 Å². The van der Waals surface area contributed by atoms with E-state index in [4.69, 9.17) is 5.11 Å². The molecule has 0 heterocycles. The zero-order valence-electron chi connectivity index (χ0n) is 16.2. The van der Waals surface area contributed by atoms with Crippen LogP contribution in [0, 0.1) is 11.8 Å². The Morgan fingerprint density at radius 2 is 2.00 bits per heavy atom. The number of aliphatic hydroxyl groups is 2. The quantitative estimate of drug-likeness (QED) is 0.293. The lowest BCUT2D eigenvalue weighted by Crippen LogP contribution is -2.11. The Bertz CT molecular complexity index is 639. The van der Waals surface area contributed by atoms with Crippen LogP contribution < -0.4 is 0 Å². The maximum Gasteiger partial charge on any atom is 0.303 e. The first-order chi connectivity index (χ1) is 13.0. The summed E-state index contributed by atoms with van der Waals surface area (Å²) in [6, 6.07) is 7.58. The highest BCUT2D eigenvalue weighted by atomic mass is 16.4. The van der Waals surface area contributed by atoms with Crippen LogP contribution in [0.3, 0.4) is 0 Å². The van der Waals surface area contributed by atoms with Crippen LogP contribution in [-0.2, 0) is 11.2 Å². The van der Waals surface area contributed by atoms with Crippen LogP contribution in [0.25, 0.3) is 0 Å². The molecule has 0 saturated carbocycles. The molecule has 4 heteroatoms. The maximum atomic E-state index is 10.5. The molecular formula is C23H32O4. The zero-order valence-corrected chi connectivity index (χ0v) is 16.2. The van der Waals surface area contributed by atoms with Crippen molar-refractivity contribution in [2.24, 2.45) is 0 Å². The van der Waals surface area contributed by atoms with Crippen molar-refractivity contribution in [1.29, 1.82) is 0 Å². The highest BCUT2D eigenvalue weighted by Gasteiger charge is 2.07. The van der Waals surface area contributed by atoms with Gasteiger partial charge in [-0.05, 0) is 49.8 Å². The van der Waals surface area contributed by atoms with Crippen LogP contribution in [-0.4, -0.2) is 33.5 Å². The van der Waals surface area contributed by atoms with Crippen molar-refractivity contribution < 1.29 is 20.1 Å². The van der Waals surface area contributed by atoms with Crippen molar-refractivity contribution in [3.05, 3.63) is 47.5 Å². The van der Waals surface area contributed by atoms with Gasteiger partial charge >= 0.3 is 5.97 Å². The summed E-state index contributed by atoms with van der Waals surface area (Å²) < 4.78 is 0. The number of allylic oxidation sites excluding steroid dienone is 1. The average Bonchev–Trinajstić information content (AvgIpc) is 2.63. The summed E-state index contributed by atoms with van der Waals surface area (Å²) in [7, 11) is 0. The Morgan fingerprint density at radius 3 is 2.74 bits per heavy atom. The summed E-state index contributed by atoms with van der Waals surface area (Å²) in [5, 5.41) is 28.6. The first kappa shape index (κ1) is 23.0. The van der Waals surface area contributed by atoms with E-state index in [1.807, 2.05) is 30.3 Å². The molecule has 1 rings (SSSR count). The molecule has 27 heavy (non-hydrogen) atoms. The number of hydrogen-bond acceptors (Lipinski definition) is 3. The van der Waals surface area contributed by atoms with Crippen molar-refractivity contribution in [3.63, 3.8) is 0 Å². The maximum absolute atomic E-state index is 10.5. The fourth-order valence-electron chi connectivity index (χ4n) is 2.72. The number of unbranched alkanes of at least 4 members (excludes halogenated alkanes) is 3. The summed E-state index contributed by atoms with van der Waals surface area (Å²) in [6.07, 6.45) is 9.53. The predicted octanol–water partition coefficient (Wildman–Crippen LogP) is 4.08. The Hall–Kier alpha value is -2.09.